The molecule has 2 aromatic carbocycles. The van der Waals surface area contributed by atoms with E-state index in [4.69, 9.17) is 0 Å². The van der Waals surface area contributed by atoms with Crippen molar-refractivity contribution in [1.29, 1.82) is 0 Å². The minimum Gasteiger partial charge on any atom is -0.325 e. The average Bonchev–Trinajstić information content (AvgIpc) is 2.76. The summed E-state index contributed by atoms with van der Waals surface area (Å²) in [6.45, 7) is 2.82. The summed E-state index contributed by atoms with van der Waals surface area (Å²) in [5.74, 6) is -0.492. The Balaban J connectivity index is 1.54. The molecule has 2 aliphatic rings. The van der Waals surface area contributed by atoms with Crippen molar-refractivity contribution < 1.29 is 14.4 Å². The van der Waals surface area contributed by atoms with Gasteiger partial charge in [0.2, 0.25) is 11.8 Å². The number of nitrogens with one attached hydrogen (secondary N) is 2. The third-order valence-electron chi connectivity index (χ3n) is 5.67. The first-order valence-electron chi connectivity index (χ1n) is 10.3. The zero-order valence-electron chi connectivity index (χ0n) is 17.0. The Bertz CT molecular complexity index is 929. The van der Waals surface area contributed by atoms with Crippen LogP contribution in [0.4, 0.5) is 10.5 Å². The Hall–Kier alpha value is -3.19. The van der Waals surface area contributed by atoms with E-state index >= 15 is 0 Å². The van der Waals surface area contributed by atoms with E-state index in [9.17, 15) is 14.4 Å². The van der Waals surface area contributed by atoms with Gasteiger partial charge >= 0.3 is 6.03 Å². The highest BCUT2D eigenvalue weighted by molar-refractivity contribution is 6.02. The monoisotopic (exact) mass is 406 g/mol. The predicted octanol–water partition coefficient (Wildman–Crippen LogP) is 2.52. The van der Waals surface area contributed by atoms with E-state index in [1.165, 1.54) is 4.90 Å². The molecular weight excluding hydrogens is 380 g/mol. The second-order valence-corrected chi connectivity index (χ2v) is 7.88. The van der Waals surface area contributed by atoms with Gasteiger partial charge in [-0.2, -0.15) is 0 Å². The number of amides is 4. The van der Waals surface area contributed by atoms with Crippen LogP contribution < -0.4 is 10.6 Å². The molecule has 2 saturated heterocycles. The maximum Gasteiger partial charge on any atom is 0.327 e. The fourth-order valence-corrected chi connectivity index (χ4v) is 4.10. The number of hydrogen-bond donors (Lipinski definition) is 2. The molecule has 0 aromatic heterocycles. The molecule has 0 radical (unpaired) electrons. The first-order chi connectivity index (χ1) is 14.5. The Labute approximate surface area is 176 Å². The van der Waals surface area contributed by atoms with E-state index in [-0.39, 0.29) is 30.9 Å². The van der Waals surface area contributed by atoms with Crippen molar-refractivity contribution in [2.75, 3.05) is 18.4 Å². The number of fused-ring (bicyclic) bond motifs is 1. The van der Waals surface area contributed by atoms with E-state index < -0.39 is 12.1 Å². The lowest BCUT2D eigenvalue weighted by Gasteiger charge is -2.46. The van der Waals surface area contributed by atoms with Gasteiger partial charge in [-0.1, -0.05) is 48.0 Å². The Morgan fingerprint density at radius 3 is 2.57 bits per heavy atom. The molecule has 4 amide bonds. The molecule has 2 unspecified atom stereocenters. The third-order valence-corrected chi connectivity index (χ3v) is 5.67. The fraction of sp³-hybridized carbons (Fsp3) is 0.348. The van der Waals surface area contributed by atoms with Gasteiger partial charge in [0.15, 0.2) is 0 Å². The predicted molar refractivity (Wildman–Crippen MR) is 114 cm³/mol. The molecule has 0 bridgehead atoms. The summed E-state index contributed by atoms with van der Waals surface area (Å²) in [6, 6.07) is 15.7. The molecule has 2 N–H and O–H groups in total. The van der Waals surface area contributed by atoms with Gasteiger partial charge in [0.05, 0.1) is 12.6 Å². The topological polar surface area (TPSA) is 81.8 Å². The molecule has 30 heavy (non-hydrogen) atoms. The molecule has 7 nitrogen and oxygen atoms in total. The average molecular weight is 406 g/mol. The zero-order valence-corrected chi connectivity index (χ0v) is 17.0. The molecule has 0 aliphatic carbocycles. The number of carbonyl (C=O) groups excluding carboxylic acids is 3. The maximum atomic E-state index is 13.3. The number of nitrogens with zero attached hydrogens (tertiary/aromatic N) is 2. The number of anilines is 1. The number of para-hydroxylation sites is 1. The second-order valence-electron chi connectivity index (χ2n) is 7.88. The number of aryl methyl sites for hydroxylation is 1. The van der Waals surface area contributed by atoms with E-state index in [2.05, 4.69) is 10.6 Å². The van der Waals surface area contributed by atoms with Gasteiger partial charge in [0.1, 0.15) is 12.6 Å². The molecule has 7 heteroatoms. The van der Waals surface area contributed by atoms with Crippen molar-refractivity contribution in [3.63, 3.8) is 0 Å². The molecular formula is C23H26N4O3. The van der Waals surface area contributed by atoms with Crippen LogP contribution in [0.3, 0.4) is 0 Å². The molecule has 0 spiro atoms. The minimum absolute atomic E-state index is 0.0890. The number of benzene rings is 2. The lowest BCUT2D eigenvalue weighted by molar-refractivity contribution is -0.138. The summed E-state index contributed by atoms with van der Waals surface area (Å²) in [5, 5.41) is 6.08. The molecule has 2 heterocycles. The molecule has 2 aliphatic heterocycles. The van der Waals surface area contributed by atoms with Crippen LogP contribution in [0.15, 0.2) is 54.6 Å². The largest absolute Gasteiger partial charge is 0.327 e. The highest BCUT2D eigenvalue weighted by Crippen LogP contribution is 2.26. The van der Waals surface area contributed by atoms with Crippen molar-refractivity contribution in [1.82, 2.24) is 15.1 Å². The normalized spacial score (nSPS) is 21.4. The molecule has 2 atom stereocenters. The van der Waals surface area contributed by atoms with Crippen molar-refractivity contribution in [3.05, 3.63) is 65.7 Å². The van der Waals surface area contributed by atoms with Crippen molar-refractivity contribution >= 4 is 23.5 Å². The van der Waals surface area contributed by atoms with Crippen LogP contribution in [0.25, 0.3) is 0 Å². The summed E-state index contributed by atoms with van der Waals surface area (Å²) >= 11 is 0. The van der Waals surface area contributed by atoms with Crippen molar-refractivity contribution in [2.45, 2.75) is 38.4 Å². The summed E-state index contributed by atoms with van der Waals surface area (Å²) in [7, 11) is 0. The number of rotatable bonds is 5. The van der Waals surface area contributed by atoms with Crippen molar-refractivity contribution in [2.24, 2.45) is 0 Å². The lowest BCUT2D eigenvalue weighted by Crippen LogP contribution is -2.70. The molecule has 4 rings (SSSR count). The lowest BCUT2D eigenvalue weighted by atomic mass is 9.93. The zero-order chi connectivity index (χ0) is 21.1. The number of carbonyl (C=O) groups is 3. The number of piperidine rings is 1. The minimum atomic E-state index is -0.480. The SMILES string of the molecule is Cc1ccc(CN2C(=O)C3NCCCC3N(CC(=O)Nc3ccccc3)C2=O)cc1. The van der Waals surface area contributed by atoms with Gasteiger partial charge in [-0.25, -0.2) is 4.79 Å². The van der Waals surface area contributed by atoms with Gasteiger partial charge < -0.3 is 15.5 Å². The second kappa shape index (κ2) is 8.67. The smallest absolute Gasteiger partial charge is 0.325 e. The van der Waals surface area contributed by atoms with Crippen LogP contribution in [0.5, 0.6) is 0 Å². The first-order valence-corrected chi connectivity index (χ1v) is 10.3. The fourth-order valence-electron chi connectivity index (χ4n) is 4.10. The van der Waals surface area contributed by atoms with Crippen LogP contribution >= 0.6 is 0 Å². The van der Waals surface area contributed by atoms with Crippen LogP contribution in [0, 0.1) is 6.92 Å². The Kier molecular flexibility index (Phi) is 5.81. The van der Waals surface area contributed by atoms with Crippen LogP contribution in [-0.2, 0) is 16.1 Å². The van der Waals surface area contributed by atoms with Crippen LogP contribution in [0.1, 0.15) is 24.0 Å². The van der Waals surface area contributed by atoms with E-state index in [1.54, 1.807) is 17.0 Å². The Morgan fingerprint density at radius 1 is 1.10 bits per heavy atom. The quantitative estimate of drug-likeness (QED) is 0.800. The third kappa shape index (κ3) is 4.21. The summed E-state index contributed by atoms with van der Waals surface area (Å²) in [5.41, 5.74) is 2.67. The van der Waals surface area contributed by atoms with Gasteiger partial charge in [0, 0.05) is 5.69 Å². The summed E-state index contributed by atoms with van der Waals surface area (Å²) in [6.07, 6.45) is 1.56. The van der Waals surface area contributed by atoms with Gasteiger partial charge in [0.25, 0.3) is 0 Å². The summed E-state index contributed by atoms with van der Waals surface area (Å²) < 4.78 is 0. The summed E-state index contributed by atoms with van der Waals surface area (Å²) in [4.78, 5) is 41.8. The molecule has 2 aromatic rings. The van der Waals surface area contributed by atoms with E-state index in [1.807, 2.05) is 49.4 Å². The van der Waals surface area contributed by atoms with Crippen molar-refractivity contribution in [3.8, 4) is 0 Å². The van der Waals surface area contributed by atoms with Gasteiger partial charge in [-0.3, -0.25) is 14.5 Å². The van der Waals surface area contributed by atoms with Crippen LogP contribution in [-0.4, -0.2) is 52.8 Å². The number of imide groups is 1. The molecule has 156 valence electrons. The molecule has 0 saturated carbocycles. The van der Waals surface area contributed by atoms with Gasteiger partial charge in [-0.05, 0) is 44.0 Å². The maximum absolute atomic E-state index is 13.3. The number of hydrogen-bond acceptors (Lipinski definition) is 4. The number of urea groups is 1. The highest BCUT2D eigenvalue weighted by Gasteiger charge is 2.47. The highest BCUT2D eigenvalue weighted by atomic mass is 16.2. The van der Waals surface area contributed by atoms with E-state index in [0.717, 1.165) is 24.1 Å². The van der Waals surface area contributed by atoms with Gasteiger partial charge in [-0.15, -0.1) is 0 Å². The standard InChI is InChI=1S/C23H26N4O3/c1-16-9-11-17(12-10-16)14-27-22(29)21-19(8-5-13-24-21)26(23(27)30)15-20(28)25-18-6-3-2-4-7-18/h2-4,6-7,9-12,19,21,24H,5,8,13-15H2,1H3,(H,25,28). The first kappa shape index (κ1) is 20.1. The van der Waals surface area contributed by atoms with Crippen LogP contribution in [0.2, 0.25) is 0 Å². The van der Waals surface area contributed by atoms with E-state index in [0.29, 0.717) is 12.1 Å². The molecule has 2 fully saturated rings. The Morgan fingerprint density at radius 2 is 1.83 bits per heavy atom.